The molecule has 1 rings (SSSR count). The van der Waals surface area contributed by atoms with Crippen molar-refractivity contribution in [2.24, 2.45) is 0 Å². The molecule has 0 aromatic carbocycles. The molecule has 0 atom stereocenters. The number of hydrogen-bond donors (Lipinski definition) is 1. The SMILES string of the molecule is CCCCCCCCCCCCCCCC(=O)NS(=O)(=O)OC1CCN(C(=O)OC(C)(C)C)CC1. The van der Waals surface area contributed by atoms with E-state index in [2.05, 4.69) is 6.92 Å². The van der Waals surface area contributed by atoms with Crippen molar-refractivity contribution in [3.63, 3.8) is 0 Å². The fourth-order valence-electron chi connectivity index (χ4n) is 4.16. The minimum atomic E-state index is -4.15. The van der Waals surface area contributed by atoms with Crippen molar-refractivity contribution < 1.29 is 26.9 Å². The van der Waals surface area contributed by atoms with Crippen LogP contribution in [0.15, 0.2) is 0 Å². The number of piperidine rings is 1. The van der Waals surface area contributed by atoms with E-state index in [1.807, 2.05) is 4.72 Å². The predicted octanol–water partition coefficient (Wildman–Crippen LogP) is 6.24. The first-order valence-electron chi connectivity index (χ1n) is 13.7. The van der Waals surface area contributed by atoms with Gasteiger partial charge in [0.05, 0.1) is 6.10 Å². The summed E-state index contributed by atoms with van der Waals surface area (Å²) >= 11 is 0. The topological polar surface area (TPSA) is 102 Å². The zero-order valence-electron chi connectivity index (χ0n) is 22.6. The number of carbonyl (C=O) groups excluding carboxylic acids is 2. The van der Waals surface area contributed by atoms with Gasteiger partial charge in [0.15, 0.2) is 0 Å². The van der Waals surface area contributed by atoms with Crippen molar-refractivity contribution in [2.45, 2.75) is 142 Å². The molecule has 0 bridgehead atoms. The summed E-state index contributed by atoms with van der Waals surface area (Å²) in [4.78, 5) is 25.7. The number of ether oxygens (including phenoxy) is 1. The summed E-state index contributed by atoms with van der Waals surface area (Å²) in [6.07, 6.45) is 15.7. The van der Waals surface area contributed by atoms with Crippen LogP contribution < -0.4 is 4.72 Å². The van der Waals surface area contributed by atoms with Gasteiger partial charge in [-0.15, -0.1) is 0 Å². The molecule has 9 heteroatoms. The van der Waals surface area contributed by atoms with Crippen LogP contribution in [-0.2, 0) is 24.0 Å². The van der Waals surface area contributed by atoms with E-state index in [-0.39, 0.29) is 6.42 Å². The fourth-order valence-corrected chi connectivity index (χ4v) is 5.14. The molecule has 8 nitrogen and oxygen atoms in total. The number of hydrogen-bond acceptors (Lipinski definition) is 6. The van der Waals surface area contributed by atoms with Gasteiger partial charge in [0, 0.05) is 19.5 Å². The van der Waals surface area contributed by atoms with Crippen molar-refractivity contribution in [2.75, 3.05) is 13.1 Å². The number of amides is 2. The highest BCUT2D eigenvalue weighted by Crippen LogP contribution is 2.19. The number of nitrogens with one attached hydrogen (secondary N) is 1. The number of carbonyl (C=O) groups is 2. The minimum Gasteiger partial charge on any atom is -0.444 e. The van der Waals surface area contributed by atoms with Gasteiger partial charge in [-0.3, -0.25) is 8.98 Å². The van der Waals surface area contributed by atoms with Crippen LogP contribution in [0.3, 0.4) is 0 Å². The summed E-state index contributed by atoms with van der Waals surface area (Å²) < 4.78 is 36.9. The van der Waals surface area contributed by atoms with Crippen molar-refractivity contribution in [1.82, 2.24) is 9.62 Å². The number of likely N-dealkylation sites (tertiary alicyclic amines) is 1. The molecule has 0 aromatic rings. The molecular weight excluding hydrogens is 468 g/mol. The van der Waals surface area contributed by atoms with Crippen LogP contribution in [0.25, 0.3) is 0 Å². The van der Waals surface area contributed by atoms with Crippen molar-refractivity contribution >= 4 is 22.3 Å². The molecule has 206 valence electrons. The number of unbranched alkanes of at least 4 members (excludes halogenated alkanes) is 12. The van der Waals surface area contributed by atoms with Gasteiger partial charge in [0.25, 0.3) is 0 Å². The van der Waals surface area contributed by atoms with E-state index in [1.165, 1.54) is 64.2 Å². The largest absolute Gasteiger partial charge is 0.444 e. The molecule has 0 aliphatic carbocycles. The van der Waals surface area contributed by atoms with E-state index in [9.17, 15) is 18.0 Å². The molecule has 0 aromatic heterocycles. The quantitative estimate of drug-likeness (QED) is 0.229. The second kappa shape index (κ2) is 17.2. The molecule has 1 heterocycles. The lowest BCUT2D eigenvalue weighted by Gasteiger charge is -2.32. The highest BCUT2D eigenvalue weighted by atomic mass is 32.2. The molecule has 0 saturated carbocycles. The summed E-state index contributed by atoms with van der Waals surface area (Å²) in [7, 11) is -4.15. The lowest BCUT2D eigenvalue weighted by molar-refractivity contribution is -0.119. The van der Waals surface area contributed by atoms with Crippen molar-refractivity contribution in [3.8, 4) is 0 Å². The van der Waals surface area contributed by atoms with Crippen LogP contribution in [0.2, 0.25) is 0 Å². The molecule has 0 unspecified atom stereocenters. The molecule has 1 aliphatic heterocycles. The summed E-state index contributed by atoms with van der Waals surface area (Å²) in [6.45, 7) is 8.34. The second-order valence-corrected chi connectivity index (χ2v) is 12.0. The van der Waals surface area contributed by atoms with Gasteiger partial charge in [-0.1, -0.05) is 84.0 Å². The van der Waals surface area contributed by atoms with Crippen LogP contribution in [-0.4, -0.2) is 50.1 Å². The Morgan fingerprint density at radius 3 is 1.74 bits per heavy atom. The molecule has 1 saturated heterocycles. The van der Waals surface area contributed by atoms with Crippen LogP contribution in [0, 0.1) is 0 Å². The Morgan fingerprint density at radius 1 is 0.829 bits per heavy atom. The van der Waals surface area contributed by atoms with Gasteiger partial charge in [-0.2, -0.15) is 8.42 Å². The highest BCUT2D eigenvalue weighted by molar-refractivity contribution is 7.85. The van der Waals surface area contributed by atoms with Crippen LogP contribution in [0.4, 0.5) is 4.79 Å². The lowest BCUT2D eigenvalue weighted by Crippen LogP contribution is -2.45. The molecule has 0 spiro atoms. The molecule has 1 aliphatic rings. The van der Waals surface area contributed by atoms with Gasteiger partial charge in [0.2, 0.25) is 5.91 Å². The predicted molar refractivity (Wildman–Crippen MR) is 139 cm³/mol. The van der Waals surface area contributed by atoms with Crippen molar-refractivity contribution in [3.05, 3.63) is 0 Å². The first-order chi connectivity index (χ1) is 16.5. The molecular formula is C26H50N2O6S. The van der Waals surface area contributed by atoms with Crippen LogP contribution in [0.1, 0.15) is 130 Å². The maximum Gasteiger partial charge on any atom is 0.410 e. The Bertz CT molecular complexity index is 697. The van der Waals surface area contributed by atoms with E-state index in [4.69, 9.17) is 8.92 Å². The Balaban J connectivity index is 2.08. The molecule has 1 fully saturated rings. The van der Waals surface area contributed by atoms with Crippen LogP contribution >= 0.6 is 0 Å². The lowest BCUT2D eigenvalue weighted by atomic mass is 10.0. The van der Waals surface area contributed by atoms with Crippen molar-refractivity contribution in [1.29, 1.82) is 0 Å². The third-order valence-corrected chi connectivity index (χ3v) is 7.11. The maximum absolute atomic E-state index is 12.2. The zero-order chi connectivity index (χ0) is 26.2. The molecule has 1 N–H and O–H groups in total. The first kappa shape index (κ1) is 31.7. The fraction of sp³-hybridized carbons (Fsp3) is 0.923. The minimum absolute atomic E-state index is 0.178. The molecule has 2 amide bonds. The summed E-state index contributed by atoms with van der Waals surface area (Å²) in [5.74, 6) is -0.528. The Hall–Kier alpha value is -1.35. The third kappa shape index (κ3) is 16.9. The van der Waals surface area contributed by atoms with Gasteiger partial charge in [-0.05, 0) is 40.0 Å². The van der Waals surface area contributed by atoms with E-state index in [1.54, 1.807) is 25.7 Å². The summed E-state index contributed by atoms with van der Waals surface area (Å²) in [6, 6.07) is 0. The van der Waals surface area contributed by atoms with Gasteiger partial charge in [-0.25, -0.2) is 9.52 Å². The molecule has 35 heavy (non-hydrogen) atoms. The van der Waals surface area contributed by atoms with E-state index in [0.717, 1.165) is 12.8 Å². The Morgan fingerprint density at radius 2 is 1.29 bits per heavy atom. The molecule has 0 radical (unpaired) electrons. The first-order valence-corrected chi connectivity index (χ1v) is 15.1. The van der Waals surface area contributed by atoms with E-state index in [0.29, 0.717) is 32.4 Å². The monoisotopic (exact) mass is 518 g/mol. The number of rotatable bonds is 17. The Labute approximate surface area is 214 Å². The average molecular weight is 519 g/mol. The smallest absolute Gasteiger partial charge is 0.410 e. The zero-order valence-corrected chi connectivity index (χ0v) is 23.4. The van der Waals surface area contributed by atoms with E-state index < -0.39 is 34.0 Å². The second-order valence-electron chi connectivity index (χ2n) is 10.7. The third-order valence-electron chi connectivity index (χ3n) is 6.10. The standard InChI is InChI=1S/C26H50N2O6S/c1-5-6-7-8-9-10-11-12-13-14-15-16-17-18-24(29)27-35(31,32)34-23-19-21-28(22-20-23)25(30)33-26(2,3)4/h23H,5-22H2,1-4H3,(H,27,29). The highest BCUT2D eigenvalue weighted by Gasteiger charge is 2.30. The summed E-state index contributed by atoms with van der Waals surface area (Å²) in [5, 5.41) is 0. The van der Waals surface area contributed by atoms with Gasteiger partial charge in [0.1, 0.15) is 5.60 Å². The number of nitrogens with zero attached hydrogens (tertiary/aromatic N) is 1. The van der Waals surface area contributed by atoms with Gasteiger partial charge >= 0.3 is 16.4 Å². The average Bonchev–Trinajstić information content (AvgIpc) is 2.75. The summed E-state index contributed by atoms with van der Waals surface area (Å²) in [5.41, 5.74) is -0.578. The van der Waals surface area contributed by atoms with E-state index >= 15 is 0 Å². The van der Waals surface area contributed by atoms with Crippen LogP contribution in [0.5, 0.6) is 0 Å². The normalized spacial score (nSPS) is 15.3. The maximum atomic E-state index is 12.2. The van der Waals surface area contributed by atoms with Gasteiger partial charge < -0.3 is 9.64 Å². The Kier molecular flexibility index (Phi) is 15.5.